The van der Waals surface area contributed by atoms with E-state index in [-0.39, 0.29) is 6.04 Å². The monoisotopic (exact) mass is 283 g/mol. The third kappa shape index (κ3) is 4.02. The molecular formula is C15H22ClNO2. The normalized spacial score (nSPS) is 16.3. The number of fused-ring (bicyclic) bond motifs is 1. The Morgan fingerprint density at radius 3 is 2.74 bits per heavy atom. The van der Waals surface area contributed by atoms with Crippen molar-refractivity contribution in [2.24, 2.45) is 11.7 Å². The van der Waals surface area contributed by atoms with Crippen molar-refractivity contribution in [3.63, 3.8) is 0 Å². The lowest BCUT2D eigenvalue weighted by Crippen LogP contribution is -2.24. The van der Waals surface area contributed by atoms with Crippen molar-refractivity contribution in [2.75, 3.05) is 13.2 Å². The van der Waals surface area contributed by atoms with Gasteiger partial charge in [0, 0.05) is 12.5 Å². The van der Waals surface area contributed by atoms with Crippen molar-refractivity contribution in [1.29, 1.82) is 0 Å². The first-order valence-corrected chi connectivity index (χ1v) is 7.27. The lowest BCUT2D eigenvalue weighted by molar-refractivity contribution is 0.297. The van der Waals surface area contributed by atoms with E-state index in [1.165, 1.54) is 0 Å². The molecule has 4 heteroatoms. The highest BCUT2D eigenvalue weighted by Gasteiger charge is 2.16. The predicted molar refractivity (Wildman–Crippen MR) is 78.2 cm³/mol. The van der Waals surface area contributed by atoms with Gasteiger partial charge in [-0.1, -0.05) is 25.4 Å². The number of rotatable bonds is 4. The fourth-order valence-corrected chi connectivity index (χ4v) is 2.68. The van der Waals surface area contributed by atoms with Crippen LogP contribution in [0.3, 0.4) is 0 Å². The summed E-state index contributed by atoms with van der Waals surface area (Å²) in [6.45, 7) is 5.69. The van der Waals surface area contributed by atoms with Crippen molar-refractivity contribution in [1.82, 2.24) is 0 Å². The molecule has 1 aromatic carbocycles. The third-order valence-electron chi connectivity index (χ3n) is 3.13. The van der Waals surface area contributed by atoms with E-state index in [0.717, 1.165) is 30.6 Å². The Morgan fingerprint density at radius 2 is 2.00 bits per heavy atom. The summed E-state index contributed by atoms with van der Waals surface area (Å²) in [5.74, 6) is 2.02. The summed E-state index contributed by atoms with van der Waals surface area (Å²) in [5, 5.41) is 0.617. The van der Waals surface area contributed by atoms with Crippen molar-refractivity contribution in [2.45, 2.75) is 39.2 Å². The van der Waals surface area contributed by atoms with Gasteiger partial charge in [0.25, 0.3) is 0 Å². The van der Waals surface area contributed by atoms with Gasteiger partial charge in [-0.3, -0.25) is 0 Å². The maximum atomic E-state index is 6.26. The maximum Gasteiger partial charge on any atom is 0.179 e. The van der Waals surface area contributed by atoms with E-state index in [4.69, 9.17) is 26.8 Å². The molecule has 0 saturated heterocycles. The summed E-state index contributed by atoms with van der Waals surface area (Å²) in [6, 6.07) is 4.10. The molecule has 0 aliphatic carbocycles. The molecule has 0 bridgehead atoms. The van der Waals surface area contributed by atoms with Crippen LogP contribution in [0.1, 0.15) is 32.3 Å². The molecule has 1 aliphatic heterocycles. The van der Waals surface area contributed by atoms with E-state index in [1.54, 1.807) is 0 Å². The van der Waals surface area contributed by atoms with Crippen molar-refractivity contribution in [3.05, 3.63) is 22.7 Å². The Bertz CT molecular complexity index is 434. The first-order chi connectivity index (χ1) is 9.06. The highest BCUT2D eigenvalue weighted by Crippen LogP contribution is 2.38. The average Bonchev–Trinajstić information content (AvgIpc) is 2.53. The molecular weight excluding hydrogens is 262 g/mol. The van der Waals surface area contributed by atoms with Crippen LogP contribution < -0.4 is 15.2 Å². The van der Waals surface area contributed by atoms with Gasteiger partial charge in [0.15, 0.2) is 11.5 Å². The smallest absolute Gasteiger partial charge is 0.179 e. The van der Waals surface area contributed by atoms with Gasteiger partial charge in [-0.15, -0.1) is 0 Å². The van der Waals surface area contributed by atoms with Gasteiger partial charge < -0.3 is 15.2 Å². The number of halogens is 1. The zero-order valence-electron chi connectivity index (χ0n) is 11.6. The molecule has 1 unspecified atom stereocenters. The van der Waals surface area contributed by atoms with Crippen LogP contribution in [0.5, 0.6) is 11.5 Å². The average molecular weight is 284 g/mol. The number of nitrogens with two attached hydrogens (primary N) is 1. The van der Waals surface area contributed by atoms with E-state index in [0.29, 0.717) is 29.9 Å². The third-order valence-corrected chi connectivity index (χ3v) is 3.41. The number of hydrogen-bond donors (Lipinski definition) is 1. The summed E-state index contributed by atoms with van der Waals surface area (Å²) in [7, 11) is 0. The van der Waals surface area contributed by atoms with Crippen LogP contribution in [0.4, 0.5) is 0 Å². The number of ether oxygens (including phenoxy) is 2. The Labute approximate surface area is 120 Å². The largest absolute Gasteiger partial charge is 0.489 e. The second kappa shape index (κ2) is 6.49. The number of benzene rings is 1. The highest BCUT2D eigenvalue weighted by atomic mass is 35.5. The lowest BCUT2D eigenvalue weighted by Gasteiger charge is -2.16. The minimum Gasteiger partial charge on any atom is -0.489 e. The van der Waals surface area contributed by atoms with Gasteiger partial charge in [0.2, 0.25) is 0 Å². The zero-order chi connectivity index (χ0) is 13.8. The fourth-order valence-electron chi connectivity index (χ4n) is 2.39. The molecule has 1 atom stereocenters. The molecule has 0 spiro atoms. The Kier molecular flexibility index (Phi) is 4.94. The molecule has 0 fully saturated rings. The van der Waals surface area contributed by atoms with Crippen LogP contribution in [-0.4, -0.2) is 19.3 Å². The van der Waals surface area contributed by atoms with Gasteiger partial charge in [0.1, 0.15) is 0 Å². The quantitative estimate of drug-likeness (QED) is 0.921. The molecule has 0 amide bonds. The SMILES string of the molecule is CC(C)CC(N)Cc1cc(Cl)c2c(c1)OCCCO2. The van der Waals surface area contributed by atoms with Gasteiger partial charge in [0.05, 0.1) is 18.2 Å². The Morgan fingerprint density at radius 1 is 1.26 bits per heavy atom. The van der Waals surface area contributed by atoms with E-state index in [1.807, 2.05) is 12.1 Å². The molecule has 2 N–H and O–H groups in total. The van der Waals surface area contributed by atoms with Gasteiger partial charge >= 0.3 is 0 Å². The summed E-state index contributed by atoms with van der Waals surface area (Å²) in [4.78, 5) is 0. The molecule has 3 nitrogen and oxygen atoms in total. The van der Waals surface area contributed by atoms with Gasteiger partial charge in [-0.2, -0.15) is 0 Å². The van der Waals surface area contributed by atoms with Gasteiger partial charge in [-0.05, 0) is 36.5 Å². The van der Waals surface area contributed by atoms with E-state index >= 15 is 0 Å². The second-order valence-corrected chi connectivity index (χ2v) is 5.96. The first kappa shape index (κ1) is 14.5. The van der Waals surface area contributed by atoms with Crippen molar-refractivity contribution >= 4 is 11.6 Å². The fraction of sp³-hybridized carbons (Fsp3) is 0.600. The lowest BCUT2D eigenvalue weighted by atomic mass is 9.98. The second-order valence-electron chi connectivity index (χ2n) is 5.55. The van der Waals surface area contributed by atoms with Crippen LogP contribution in [0.25, 0.3) is 0 Å². The van der Waals surface area contributed by atoms with E-state index in [2.05, 4.69) is 13.8 Å². The van der Waals surface area contributed by atoms with E-state index < -0.39 is 0 Å². The van der Waals surface area contributed by atoms with Gasteiger partial charge in [-0.25, -0.2) is 0 Å². The zero-order valence-corrected chi connectivity index (χ0v) is 12.4. The summed E-state index contributed by atoms with van der Waals surface area (Å²) in [6.07, 6.45) is 2.70. The minimum absolute atomic E-state index is 0.154. The highest BCUT2D eigenvalue weighted by molar-refractivity contribution is 6.32. The standard InChI is InChI=1S/C15H22ClNO2/c1-10(2)6-12(17)7-11-8-13(16)15-14(9-11)18-4-3-5-19-15/h8-10,12H,3-7,17H2,1-2H3. The predicted octanol–water partition coefficient (Wildman–Crippen LogP) is 3.42. The van der Waals surface area contributed by atoms with Crippen LogP contribution in [-0.2, 0) is 6.42 Å². The molecule has 19 heavy (non-hydrogen) atoms. The summed E-state index contributed by atoms with van der Waals surface area (Å²) < 4.78 is 11.3. The molecule has 106 valence electrons. The van der Waals surface area contributed by atoms with Crippen LogP contribution >= 0.6 is 11.6 Å². The number of hydrogen-bond acceptors (Lipinski definition) is 3. The first-order valence-electron chi connectivity index (χ1n) is 6.90. The van der Waals surface area contributed by atoms with Crippen LogP contribution in [0, 0.1) is 5.92 Å². The van der Waals surface area contributed by atoms with Crippen molar-refractivity contribution < 1.29 is 9.47 Å². The van der Waals surface area contributed by atoms with Crippen LogP contribution in [0.2, 0.25) is 5.02 Å². The topological polar surface area (TPSA) is 44.5 Å². The summed E-state index contributed by atoms with van der Waals surface area (Å²) >= 11 is 6.26. The summed E-state index contributed by atoms with van der Waals surface area (Å²) in [5.41, 5.74) is 7.26. The molecule has 1 heterocycles. The Balaban J connectivity index is 2.14. The maximum absolute atomic E-state index is 6.26. The molecule has 0 aromatic heterocycles. The van der Waals surface area contributed by atoms with E-state index in [9.17, 15) is 0 Å². The Hall–Kier alpha value is -0.930. The molecule has 2 rings (SSSR count). The van der Waals surface area contributed by atoms with Crippen LogP contribution in [0.15, 0.2) is 12.1 Å². The minimum atomic E-state index is 0.154. The molecule has 1 aromatic rings. The molecule has 1 aliphatic rings. The molecule has 0 radical (unpaired) electrons. The van der Waals surface area contributed by atoms with Crippen molar-refractivity contribution in [3.8, 4) is 11.5 Å². The molecule has 0 saturated carbocycles.